The van der Waals surface area contributed by atoms with Crippen LogP contribution < -0.4 is 0 Å². The van der Waals surface area contributed by atoms with Crippen molar-refractivity contribution in [3.63, 3.8) is 0 Å². The molecule has 0 spiro atoms. The standard InChI is InChI=1S/C28H28FN3O3/c29-25-12-10-23(11-13-25)26-20-32(28(34)35-26)19-22-6-8-24(9-7-22)27(33)31-16-14-30(15-17-31)18-21-4-2-1-3-5-21/h1-13,26H,14-20H2. The van der Waals surface area contributed by atoms with Crippen LogP contribution in [0.15, 0.2) is 78.9 Å². The number of halogens is 1. The van der Waals surface area contributed by atoms with Gasteiger partial charge < -0.3 is 9.64 Å². The quantitative estimate of drug-likeness (QED) is 0.530. The van der Waals surface area contributed by atoms with Crippen LogP contribution in [0.1, 0.15) is 33.2 Å². The van der Waals surface area contributed by atoms with Crippen molar-refractivity contribution in [1.82, 2.24) is 14.7 Å². The van der Waals surface area contributed by atoms with Gasteiger partial charge in [0.1, 0.15) is 11.9 Å². The number of amides is 2. The highest BCUT2D eigenvalue weighted by Gasteiger charge is 2.32. The van der Waals surface area contributed by atoms with E-state index < -0.39 is 12.2 Å². The molecular weight excluding hydrogens is 445 g/mol. The van der Waals surface area contributed by atoms with E-state index in [1.165, 1.54) is 17.7 Å². The van der Waals surface area contributed by atoms with Crippen LogP contribution in [0.25, 0.3) is 0 Å². The molecule has 2 heterocycles. The first-order valence-electron chi connectivity index (χ1n) is 11.9. The van der Waals surface area contributed by atoms with Gasteiger partial charge in [-0.3, -0.25) is 14.6 Å². The fourth-order valence-corrected chi connectivity index (χ4v) is 4.59. The van der Waals surface area contributed by atoms with Gasteiger partial charge in [0.2, 0.25) is 0 Å². The van der Waals surface area contributed by atoms with Crippen molar-refractivity contribution in [2.75, 3.05) is 32.7 Å². The average Bonchev–Trinajstić information content (AvgIpc) is 3.25. The summed E-state index contributed by atoms with van der Waals surface area (Å²) in [6, 6.07) is 23.8. The van der Waals surface area contributed by atoms with Crippen LogP contribution >= 0.6 is 0 Å². The second kappa shape index (κ2) is 10.3. The molecule has 0 aliphatic carbocycles. The molecule has 0 bridgehead atoms. The molecule has 5 rings (SSSR count). The predicted octanol–water partition coefficient (Wildman–Crippen LogP) is 4.48. The van der Waals surface area contributed by atoms with Crippen molar-refractivity contribution >= 4 is 12.0 Å². The van der Waals surface area contributed by atoms with Crippen LogP contribution in [-0.4, -0.2) is 59.4 Å². The number of hydrogen-bond acceptors (Lipinski definition) is 4. The predicted molar refractivity (Wildman–Crippen MR) is 130 cm³/mol. The lowest BCUT2D eigenvalue weighted by Crippen LogP contribution is -2.48. The Balaban J connectivity index is 1.13. The molecule has 35 heavy (non-hydrogen) atoms. The van der Waals surface area contributed by atoms with E-state index in [2.05, 4.69) is 29.2 Å². The van der Waals surface area contributed by atoms with Crippen molar-refractivity contribution in [3.05, 3.63) is 107 Å². The number of rotatable bonds is 6. The third-order valence-electron chi connectivity index (χ3n) is 6.61. The third-order valence-corrected chi connectivity index (χ3v) is 6.61. The van der Waals surface area contributed by atoms with Gasteiger partial charge in [0, 0.05) is 44.8 Å². The van der Waals surface area contributed by atoms with Crippen LogP contribution in [-0.2, 0) is 17.8 Å². The molecule has 1 atom stereocenters. The molecule has 180 valence electrons. The van der Waals surface area contributed by atoms with Crippen LogP contribution in [0, 0.1) is 5.82 Å². The normalized spacial score (nSPS) is 18.5. The van der Waals surface area contributed by atoms with E-state index in [0.717, 1.165) is 30.8 Å². The van der Waals surface area contributed by atoms with Crippen molar-refractivity contribution in [3.8, 4) is 0 Å². The molecule has 7 heteroatoms. The van der Waals surface area contributed by atoms with Gasteiger partial charge in [-0.25, -0.2) is 9.18 Å². The number of ether oxygens (including phenoxy) is 1. The zero-order chi connectivity index (χ0) is 24.2. The van der Waals surface area contributed by atoms with Gasteiger partial charge >= 0.3 is 6.09 Å². The number of carbonyl (C=O) groups is 2. The first-order chi connectivity index (χ1) is 17.0. The van der Waals surface area contributed by atoms with Crippen molar-refractivity contribution in [2.24, 2.45) is 0 Å². The second-order valence-corrected chi connectivity index (χ2v) is 9.06. The Bertz CT molecular complexity index is 1160. The summed E-state index contributed by atoms with van der Waals surface area (Å²) in [5, 5.41) is 0. The fraction of sp³-hybridized carbons (Fsp3) is 0.286. The van der Waals surface area contributed by atoms with E-state index in [4.69, 9.17) is 4.74 Å². The smallest absolute Gasteiger partial charge is 0.410 e. The zero-order valence-corrected chi connectivity index (χ0v) is 19.5. The summed E-state index contributed by atoms with van der Waals surface area (Å²) in [6.45, 7) is 4.81. The van der Waals surface area contributed by atoms with Crippen molar-refractivity contribution < 1.29 is 18.7 Å². The summed E-state index contributed by atoms with van der Waals surface area (Å²) < 4.78 is 18.6. The molecule has 0 aromatic heterocycles. The van der Waals surface area contributed by atoms with Crippen LogP contribution in [0.2, 0.25) is 0 Å². The highest BCUT2D eigenvalue weighted by atomic mass is 19.1. The molecule has 2 amide bonds. The molecule has 2 aliphatic heterocycles. The molecule has 6 nitrogen and oxygen atoms in total. The molecule has 2 fully saturated rings. The van der Waals surface area contributed by atoms with E-state index in [-0.39, 0.29) is 11.7 Å². The Morgan fingerprint density at radius 1 is 0.829 bits per heavy atom. The summed E-state index contributed by atoms with van der Waals surface area (Å²) >= 11 is 0. The summed E-state index contributed by atoms with van der Waals surface area (Å²) in [5.41, 5.74) is 3.63. The molecule has 3 aromatic carbocycles. The Hall–Kier alpha value is -3.71. The van der Waals surface area contributed by atoms with Crippen LogP contribution in [0.4, 0.5) is 9.18 Å². The summed E-state index contributed by atoms with van der Waals surface area (Å²) in [6.07, 6.45) is -0.808. The molecule has 3 aromatic rings. The van der Waals surface area contributed by atoms with Crippen LogP contribution in [0.5, 0.6) is 0 Å². The Morgan fingerprint density at radius 3 is 2.17 bits per heavy atom. The van der Waals surface area contributed by atoms with E-state index in [0.29, 0.717) is 31.7 Å². The first-order valence-corrected chi connectivity index (χ1v) is 11.9. The largest absolute Gasteiger partial charge is 0.439 e. The maximum Gasteiger partial charge on any atom is 0.410 e. The van der Waals surface area contributed by atoms with Crippen LogP contribution in [0.3, 0.4) is 0 Å². The van der Waals surface area contributed by atoms with Crippen molar-refractivity contribution in [1.29, 1.82) is 0 Å². The van der Waals surface area contributed by atoms with E-state index in [1.807, 2.05) is 35.2 Å². The summed E-state index contributed by atoms with van der Waals surface area (Å²) in [4.78, 5) is 31.2. The number of cyclic esters (lactones) is 1. The minimum Gasteiger partial charge on any atom is -0.439 e. The molecule has 2 aliphatic rings. The Labute approximate surface area is 204 Å². The number of nitrogens with zero attached hydrogens (tertiary/aromatic N) is 3. The monoisotopic (exact) mass is 473 g/mol. The second-order valence-electron chi connectivity index (χ2n) is 9.06. The molecule has 0 radical (unpaired) electrons. The SMILES string of the molecule is O=C1OC(c2ccc(F)cc2)CN1Cc1ccc(C(=O)N2CCN(Cc3ccccc3)CC2)cc1. The highest BCUT2D eigenvalue weighted by molar-refractivity contribution is 5.94. The minimum absolute atomic E-state index is 0.0351. The molecule has 0 saturated carbocycles. The lowest BCUT2D eigenvalue weighted by molar-refractivity contribution is 0.0628. The molecular formula is C28H28FN3O3. The van der Waals surface area contributed by atoms with E-state index in [1.54, 1.807) is 17.0 Å². The lowest BCUT2D eigenvalue weighted by atomic mass is 10.1. The van der Waals surface area contributed by atoms with Gasteiger partial charge in [-0.1, -0.05) is 54.6 Å². The van der Waals surface area contributed by atoms with Gasteiger partial charge in [-0.15, -0.1) is 0 Å². The maximum absolute atomic E-state index is 13.2. The van der Waals surface area contributed by atoms with Gasteiger partial charge in [-0.05, 0) is 41.0 Å². The number of carbonyl (C=O) groups excluding carboxylic acids is 2. The third kappa shape index (κ3) is 5.52. The average molecular weight is 474 g/mol. The maximum atomic E-state index is 13.2. The van der Waals surface area contributed by atoms with Gasteiger partial charge in [0.15, 0.2) is 0 Å². The van der Waals surface area contributed by atoms with Crippen molar-refractivity contribution in [2.45, 2.75) is 19.2 Å². The molecule has 0 N–H and O–H groups in total. The van der Waals surface area contributed by atoms with Gasteiger partial charge in [0.05, 0.1) is 6.54 Å². The van der Waals surface area contributed by atoms with E-state index >= 15 is 0 Å². The minimum atomic E-state index is -0.412. The zero-order valence-electron chi connectivity index (χ0n) is 19.5. The molecule has 2 saturated heterocycles. The Morgan fingerprint density at radius 2 is 1.49 bits per heavy atom. The fourth-order valence-electron chi connectivity index (χ4n) is 4.59. The molecule has 1 unspecified atom stereocenters. The number of hydrogen-bond donors (Lipinski definition) is 0. The summed E-state index contributed by atoms with van der Waals surface area (Å²) in [7, 11) is 0. The van der Waals surface area contributed by atoms with Gasteiger partial charge in [-0.2, -0.15) is 0 Å². The Kier molecular flexibility index (Phi) is 6.77. The number of benzene rings is 3. The highest BCUT2D eigenvalue weighted by Crippen LogP contribution is 2.27. The van der Waals surface area contributed by atoms with E-state index in [9.17, 15) is 14.0 Å². The lowest BCUT2D eigenvalue weighted by Gasteiger charge is -2.34. The number of piperazine rings is 1. The summed E-state index contributed by atoms with van der Waals surface area (Å²) in [5.74, 6) is -0.286. The van der Waals surface area contributed by atoms with Gasteiger partial charge in [0.25, 0.3) is 5.91 Å². The first kappa shape index (κ1) is 23.1. The topological polar surface area (TPSA) is 53.1 Å².